The third-order valence-corrected chi connectivity index (χ3v) is 4.93. The molecule has 1 aromatic carbocycles. The molecule has 1 saturated carbocycles. The molecule has 25 heavy (non-hydrogen) atoms. The van der Waals surface area contributed by atoms with Gasteiger partial charge in [-0.3, -0.25) is 4.79 Å². The van der Waals surface area contributed by atoms with Crippen LogP contribution >= 0.6 is 0 Å². The summed E-state index contributed by atoms with van der Waals surface area (Å²) < 4.78 is 66.1. The van der Waals surface area contributed by atoms with Crippen molar-refractivity contribution in [1.82, 2.24) is 0 Å². The van der Waals surface area contributed by atoms with Crippen molar-refractivity contribution in [2.75, 3.05) is 0 Å². The topological polar surface area (TPSA) is 46.5 Å². The van der Waals surface area contributed by atoms with Crippen LogP contribution in [0.4, 0.5) is 22.0 Å². The highest BCUT2D eigenvalue weighted by Gasteiger charge is 2.61. The first-order chi connectivity index (χ1) is 11.5. The van der Waals surface area contributed by atoms with Gasteiger partial charge < -0.3 is 9.84 Å². The Morgan fingerprint density at radius 3 is 2.08 bits per heavy atom. The van der Waals surface area contributed by atoms with E-state index in [1.807, 2.05) is 6.92 Å². The second-order valence-corrected chi connectivity index (χ2v) is 6.38. The molecule has 0 amide bonds. The first-order valence-corrected chi connectivity index (χ1v) is 7.99. The van der Waals surface area contributed by atoms with Crippen molar-refractivity contribution in [1.29, 1.82) is 0 Å². The van der Waals surface area contributed by atoms with Crippen molar-refractivity contribution in [3.8, 4) is 5.75 Å². The summed E-state index contributed by atoms with van der Waals surface area (Å²) >= 11 is 0. The molecule has 1 aliphatic rings. The van der Waals surface area contributed by atoms with Crippen molar-refractivity contribution < 1.29 is 36.6 Å². The lowest BCUT2D eigenvalue weighted by Gasteiger charge is -2.37. The van der Waals surface area contributed by atoms with Crippen LogP contribution in [0.25, 0.3) is 0 Å². The Bertz CT molecular complexity index is 602. The molecule has 0 aromatic heterocycles. The first kappa shape index (κ1) is 19.5. The van der Waals surface area contributed by atoms with E-state index in [0.717, 1.165) is 31.4 Å². The number of carboxylic acid groups (broad SMARTS) is 1. The summed E-state index contributed by atoms with van der Waals surface area (Å²) in [6.07, 6.45) is -7.92. The normalized spacial score (nSPS) is 24.8. The van der Waals surface area contributed by atoms with E-state index in [2.05, 4.69) is 4.74 Å². The lowest BCUT2D eigenvalue weighted by molar-refractivity contribution is -0.360. The second kappa shape index (κ2) is 6.80. The molecular formula is C17H19F5O3. The molecule has 0 unspecified atom stereocenters. The molecule has 1 aliphatic carbocycles. The number of rotatable bonds is 5. The van der Waals surface area contributed by atoms with Crippen LogP contribution < -0.4 is 4.74 Å². The van der Waals surface area contributed by atoms with Gasteiger partial charge in [0, 0.05) is 0 Å². The van der Waals surface area contributed by atoms with Crippen LogP contribution in [0.15, 0.2) is 24.3 Å². The molecule has 0 spiro atoms. The van der Waals surface area contributed by atoms with Gasteiger partial charge in [0.2, 0.25) is 0 Å². The van der Waals surface area contributed by atoms with Crippen LogP contribution in [0.3, 0.4) is 0 Å². The van der Waals surface area contributed by atoms with E-state index in [1.54, 1.807) is 0 Å². The lowest BCUT2D eigenvalue weighted by Crippen LogP contribution is -2.42. The molecule has 1 aromatic rings. The standard InChI is InChI=1S/C17H19F5O3/c1-2-11-7-9-15(10-8-11,14(23)24)12-3-5-13(6-4-12)25-17(21,22)16(18,19)20/h3-6,11H,2,7-10H2,1H3,(H,23,24). The number of benzene rings is 1. The Labute approximate surface area is 141 Å². The minimum absolute atomic E-state index is 0.386. The number of halogens is 5. The van der Waals surface area contributed by atoms with E-state index in [1.165, 1.54) is 12.1 Å². The number of carboxylic acids is 1. The van der Waals surface area contributed by atoms with Crippen molar-refractivity contribution >= 4 is 5.97 Å². The Morgan fingerprint density at radius 1 is 1.16 bits per heavy atom. The van der Waals surface area contributed by atoms with Gasteiger partial charge in [-0.2, -0.15) is 22.0 Å². The number of hydrogen-bond acceptors (Lipinski definition) is 2. The smallest absolute Gasteiger partial charge is 0.481 e. The molecule has 8 heteroatoms. The van der Waals surface area contributed by atoms with E-state index in [4.69, 9.17) is 0 Å². The van der Waals surface area contributed by atoms with Crippen molar-refractivity contribution in [2.45, 2.75) is 56.7 Å². The summed E-state index contributed by atoms with van der Waals surface area (Å²) in [4.78, 5) is 11.8. The highest BCUT2D eigenvalue weighted by molar-refractivity contribution is 5.81. The number of carbonyl (C=O) groups is 1. The average molecular weight is 366 g/mol. The number of aliphatic carboxylic acids is 1. The zero-order valence-corrected chi connectivity index (χ0v) is 13.6. The monoisotopic (exact) mass is 366 g/mol. The predicted molar refractivity (Wildman–Crippen MR) is 79.6 cm³/mol. The average Bonchev–Trinajstić information content (AvgIpc) is 2.54. The Kier molecular flexibility index (Phi) is 5.30. The lowest BCUT2D eigenvalue weighted by atomic mass is 9.66. The number of alkyl halides is 5. The fourth-order valence-electron chi connectivity index (χ4n) is 3.25. The molecule has 3 nitrogen and oxygen atoms in total. The van der Waals surface area contributed by atoms with Crippen LogP contribution in [0.5, 0.6) is 5.75 Å². The summed E-state index contributed by atoms with van der Waals surface area (Å²) in [7, 11) is 0. The quantitative estimate of drug-likeness (QED) is 0.734. The Balaban J connectivity index is 2.21. The van der Waals surface area contributed by atoms with Crippen LogP contribution in [0.2, 0.25) is 0 Å². The first-order valence-electron chi connectivity index (χ1n) is 7.99. The summed E-state index contributed by atoms with van der Waals surface area (Å²) in [6, 6.07) is 4.40. The van der Waals surface area contributed by atoms with E-state index >= 15 is 0 Å². The van der Waals surface area contributed by atoms with Crippen LogP contribution in [0, 0.1) is 5.92 Å². The van der Waals surface area contributed by atoms with Gasteiger partial charge in [-0.1, -0.05) is 25.5 Å². The Hall–Kier alpha value is -1.86. The van der Waals surface area contributed by atoms with Crippen LogP contribution in [0.1, 0.15) is 44.6 Å². The predicted octanol–water partition coefficient (Wildman–Crippen LogP) is 5.14. The van der Waals surface area contributed by atoms with Gasteiger partial charge in [0.15, 0.2) is 0 Å². The third kappa shape index (κ3) is 3.88. The molecule has 0 atom stereocenters. The molecule has 0 aliphatic heterocycles. The fraction of sp³-hybridized carbons (Fsp3) is 0.588. The summed E-state index contributed by atoms with van der Waals surface area (Å²) in [5.41, 5.74) is -0.756. The highest BCUT2D eigenvalue weighted by atomic mass is 19.4. The van der Waals surface area contributed by atoms with E-state index in [-0.39, 0.29) is 0 Å². The van der Waals surface area contributed by atoms with Crippen molar-refractivity contribution in [3.63, 3.8) is 0 Å². The van der Waals surface area contributed by atoms with Gasteiger partial charge in [-0.25, -0.2) is 0 Å². The van der Waals surface area contributed by atoms with Crippen LogP contribution in [-0.4, -0.2) is 23.4 Å². The van der Waals surface area contributed by atoms with Crippen molar-refractivity contribution in [3.05, 3.63) is 29.8 Å². The molecule has 0 bridgehead atoms. The molecule has 0 heterocycles. The van der Waals surface area contributed by atoms with Gasteiger partial charge in [-0.15, -0.1) is 0 Å². The van der Waals surface area contributed by atoms with Gasteiger partial charge in [-0.05, 0) is 49.3 Å². The minimum atomic E-state index is -5.83. The van der Waals surface area contributed by atoms with E-state index < -0.39 is 29.4 Å². The van der Waals surface area contributed by atoms with Gasteiger partial charge in [0.05, 0.1) is 5.41 Å². The fourth-order valence-corrected chi connectivity index (χ4v) is 3.25. The zero-order chi connectivity index (χ0) is 18.9. The van der Waals surface area contributed by atoms with Crippen LogP contribution in [-0.2, 0) is 10.2 Å². The number of ether oxygens (including phenoxy) is 1. The highest BCUT2D eigenvalue weighted by Crippen LogP contribution is 2.44. The minimum Gasteiger partial charge on any atom is -0.481 e. The molecule has 1 fully saturated rings. The molecule has 140 valence electrons. The van der Waals surface area contributed by atoms with Gasteiger partial charge in [0.1, 0.15) is 5.75 Å². The maximum Gasteiger partial charge on any atom is 0.499 e. The summed E-state index contributed by atoms with van der Waals surface area (Å²) in [5, 5.41) is 9.66. The largest absolute Gasteiger partial charge is 0.499 e. The van der Waals surface area contributed by atoms with E-state index in [9.17, 15) is 31.9 Å². The summed E-state index contributed by atoms with van der Waals surface area (Å²) in [5.74, 6) is -1.24. The molecule has 2 rings (SSSR count). The van der Waals surface area contributed by atoms with Gasteiger partial charge >= 0.3 is 18.3 Å². The maximum atomic E-state index is 12.9. The molecule has 1 N–H and O–H groups in total. The molecule has 0 saturated heterocycles. The van der Waals surface area contributed by atoms with Crippen molar-refractivity contribution in [2.24, 2.45) is 5.92 Å². The second-order valence-electron chi connectivity index (χ2n) is 6.38. The zero-order valence-electron chi connectivity index (χ0n) is 13.6. The maximum absolute atomic E-state index is 12.9. The molecular weight excluding hydrogens is 347 g/mol. The third-order valence-electron chi connectivity index (χ3n) is 4.93. The van der Waals surface area contributed by atoms with E-state index in [0.29, 0.717) is 24.3 Å². The SMILES string of the molecule is CCC1CCC(C(=O)O)(c2ccc(OC(F)(F)C(F)(F)F)cc2)CC1. The van der Waals surface area contributed by atoms with Gasteiger partial charge in [0.25, 0.3) is 0 Å². The number of hydrogen-bond donors (Lipinski definition) is 1. The summed E-state index contributed by atoms with van der Waals surface area (Å²) in [6.45, 7) is 2.03. The Morgan fingerprint density at radius 2 is 1.68 bits per heavy atom. The molecule has 0 radical (unpaired) electrons.